The highest BCUT2D eigenvalue weighted by atomic mass is 16.5. The lowest BCUT2D eigenvalue weighted by molar-refractivity contribution is -0.121. The number of nitrogens with one attached hydrogen (secondary N) is 2. The lowest BCUT2D eigenvalue weighted by Crippen LogP contribution is -2.19. The zero-order valence-corrected chi connectivity index (χ0v) is 17.7. The third kappa shape index (κ3) is 6.02. The molecule has 1 saturated heterocycles. The van der Waals surface area contributed by atoms with Crippen molar-refractivity contribution in [3.8, 4) is 0 Å². The number of aryl methyl sites for hydroxylation is 1. The molecule has 1 aliphatic heterocycles. The number of benzene rings is 2. The Hall–Kier alpha value is -3.45. The van der Waals surface area contributed by atoms with Gasteiger partial charge >= 0.3 is 0 Å². The largest absolute Gasteiger partial charge is 0.367 e. The molecule has 31 heavy (non-hydrogen) atoms. The Balaban J connectivity index is 1.29. The van der Waals surface area contributed by atoms with Crippen LogP contribution < -0.4 is 15.5 Å². The van der Waals surface area contributed by atoms with Crippen molar-refractivity contribution >= 4 is 28.9 Å². The molecule has 7 nitrogen and oxygen atoms in total. The number of carbonyl (C=O) groups is 1. The fourth-order valence-electron chi connectivity index (χ4n) is 3.54. The molecule has 0 radical (unpaired) electrons. The highest BCUT2D eigenvalue weighted by Gasteiger charge is 2.15. The molecule has 0 unspecified atom stereocenters. The van der Waals surface area contributed by atoms with Gasteiger partial charge in [0.25, 0.3) is 0 Å². The Bertz CT molecular complexity index is 1000. The Morgan fingerprint density at radius 1 is 1.00 bits per heavy atom. The summed E-state index contributed by atoms with van der Waals surface area (Å²) < 4.78 is 5.48. The minimum atomic E-state index is -0.182. The quantitative estimate of drug-likeness (QED) is 0.569. The number of carbonyl (C=O) groups excluding carboxylic acids is 1. The Morgan fingerprint density at radius 3 is 2.45 bits per heavy atom. The van der Waals surface area contributed by atoms with Gasteiger partial charge in [-0.25, -0.2) is 9.97 Å². The van der Waals surface area contributed by atoms with Gasteiger partial charge in [-0.15, -0.1) is 0 Å². The standard InChI is InChI=1S/C24H27N5O2/c1-18-25-22(15-23(26-18)29-13-5-6-14-29)27-20-9-11-21(12-10-20)28-24(30)17-31-16-19-7-3-2-4-8-19/h2-4,7-12,15H,5-6,13-14,16-17H2,1H3,(H,28,30)(H,25,26,27). The number of hydrogen-bond donors (Lipinski definition) is 2. The second-order valence-corrected chi connectivity index (χ2v) is 7.58. The highest BCUT2D eigenvalue weighted by Crippen LogP contribution is 2.23. The molecule has 160 valence electrons. The van der Waals surface area contributed by atoms with Crippen LogP contribution >= 0.6 is 0 Å². The molecule has 2 aromatic carbocycles. The van der Waals surface area contributed by atoms with Crippen LogP contribution in [0.5, 0.6) is 0 Å². The molecule has 1 aromatic heterocycles. The van der Waals surface area contributed by atoms with Crippen LogP contribution in [0.4, 0.5) is 23.0 Å². The first-order chi connectivity index (χ1) is 15.2. The number of amides is 1. The van der Waals surface area contributed by atoms with E-state index >= 15 is 0 Å². The maximum Gasteiger partial charge on any atom is 0.250 e. The van der Waals surface area contributed by atoms with E-state index in [1.54, 1.807) is 0 Å². The maximum absolute atomic E-state index is 12.1. The predicted molar refractivity (Wildman–Crippen MR) is 123 cm³/mol. The van der Waals surface area contributed by atoms with Crippen molar-refractivity contribution < 1.29 is 9.53 Å². The van der Waals surface area contributed by atoms with Gasteiger partial charge in [0.15, 0.2) is 0 Å². The normalized spacial score (nSPS) is 13.3. The predicted octanol–water partition coefficient (Wildman–Crippen LogP) is 4.28. The van der Waals surface area contributed by atoms with E-state index in [9.17, 15) is 4.79 Å². The van der Waals surface area contributed by atoms with Crippen molar-refractivity contribution in [1.29, 1.82) is 0 Å². The van der Waals surface area contributed by atoms with Crippen molar-refractivity contribution in [2.24, 2.45) is 0 Å². The SMILES string of the molecule is Cc1nc(Nc2ccc(NC(=O)COCc3ccccc3)cc2)cc(N2CCCC2)n1. The molecule has 1 fully saturated rings. The summed E-state index contributed by atoms with van der Waals surface area (Å²) in [4.78, 5) is 23.5. The number of hydrogen-bond acceptors (Lipinski definition) is 6. The molecule has 0 saturated carbocycles. The summed E-state index contributed by atoms with van der Waals surface area (Å²) in [5, 5.41) is 6.18. The molecule has 2 heterocycles. The summed E-state index contributed by atoms with van der Waals surface area (Å²) in [5.74, 6) is 2.29. The minimum Gasteiger partial charge on any atom is -0.367 e. The van der Waals surface area contributed by atoms with Crippen molar-refractivity contribution in [3.05, 3.63) is 72.1 Å². The number of rotatable bonds is 8. The summed E-state index contributed by atoms with van der Waals surface area (Å²) in [6.07, 6.45) is 2.41. The van der Waals surface area contributed by atoms with Crippen LogP contribution in [-0.4, -0.2) is 35.6 Å². The topological polar surface area (TPSA) is 79.4 Å². The second-order valence-electron chi connectivity index (χ2n) is 7.58. The Morgan fingerprint density at radius 2 is 1.71 bits per heavy atom. The molecule has 0 aliphatic carbocycles. The molecule has 0 bridgehead atoms. The van der Waals surface area contributed by atoms with Crippen LogP contribution in [0, 0.1) is 6.92 Å². The molecule has 1 amide bonds. The fourth-order valence-corrected chi connectivity index (χ4v) is 3.54. The van der Waals surface area contributed by atoms with Crippen LogP contribution in [0.3, 0.4) is 0 Å². The van der Waals surface area contributed by atoms with Crippen molar-refractivity contribution in [2.45, 2.75) is 26.4 Å². The van der Waals surface area contributed by atoms with Crippen LogP contribution in [0.2, 0.25) is 0 Å². The second kappa shape index (κ2) is 10.0. The number of nitrogens with zero attached hydrogens (tertiary/aromatic N) is 3. The van der Waals surface area contributed by atoms with Gasteiger partial charge in [0.1, 0.15) is 24.1 Å². The van der Waals surface area contributed by atoms with Crippen LogP contribution in [0.1, 0.15) is 24.2 Å². The molecule has 0 atom stereocenters. The fraction of sp³-hybridized carbons (Fsp3) is 0.292. The van der Waals surface area contributed by atoms with Crippen molar-refractivity contribution in [1.82, 2.24) is 9.97 Å². The number of anilines is 4. The average Bonchev–Trinajstić information content (AvgIpc) is 3.31. The third-order valence-corrected chi connectivity index (χ3v) is 5.04. The van der Waals surface area contributed by atoms with E-state index in [4.69, 9.17) is 4.74 Å². The molecular weight excluding hydrogens is 390 g/mol. The maximum atomic E-state index is 12.1. The van der Waals surface area contributed by atoms with Gasteiger partial charge in [-0.3, -0.25) is 4.79 Å². The lowest BCUT2D eigenvalue weighted by Gasteiger charge is -2.18. The monoisotopic (exact) mass is 417 g/mol. The zero-order valence-electron chi connectivity index (χ0n) is 17.7. The number of aromatic nitrogens is 2. The van der Waals surface area contributed by atoms with Crippen LogP contribution in [-0.2, 0) is 16.1 Å². The molecule has 3 aromatic rings. The van der Waals surface area contributed by atoms with E-state index in [0.717, 1.165) is 47.5 Å². The molecular formula is C24H27N5O2. The summed E-state index contributed by atoms with van der Waals surface area (Å²) in [6.45, 7) is 4.41. The third-order valence-electron chi connectivity index (χ3n) is 5.04. The van der Waals surface area contributed by atoms with Crippen LogP contribution in [0.25, 0.3) is 0 Å². The van der Waals surface area contributed by atoms with Gasteiger partial charge in [-0.05, 0) is 49.6 Å². The van der Waals surface area contributed by atoms with Crippen molar-refractivity contribution in [3.63, 3.8) is 0 Å². The van der Waals surface area contributed by atoms with E-state index in [1.807, 2.05) is 67.6 Å². The van der Waals surface area contributed by atoms with E-state index < -0.39 is 0 Å². The van der Waals surface area contributed by atoms with E-state index in [-0.39, 0.29) is 12.5 Å². The van der Waals surface area contributed by atoms with Gasteiger partial charge in [-0.2, -0.15) is 0 Å². The van der Waals surface area contributed by atoms with Gasteiger partial charge in [-0.1, -0.05) is 30.3 Å². The summed E-state index contributed by atoms with van der Waals surface area (Å²) in [7, 11) is 0. The average molecular weight is 418 g/mol. The summed E-state index contributed by atoms with van der Waals surface area (Å²) >= 11 is 0. The smallest absolute Gasteiger partial charge is 0.250 e. The Kier molecular flexibility index (Phi) is 6.74. The Labute approximate surface area is 182 Å². The molecule has 0 spiro atoms. The highest BCUT2D eigenvalue weighted by molar-refractivity contribution is 5.91. The van der Waals surface area contributed by atoms with Crippen LogP contribution in [0.15, 0.2) is 60.7 Å². The first-order valence-corrected chi connectivity index (χ1v) is 10.5. The van der Waals surface area contributed by atoms with E-state index in [0.29, 0.717) is 6.61 Å². The lowest BCUT2D eigenvalue weighted by atomic mass is 10.2. The molecule has 4 rings (SSSR count). The van der Waals surface area contributed by atoms with Gasteiger partial charge in [0.05, 0.1) is 6.61 Å². The molecule has 2 N–H and O–H groups in total. The summed E-state index contributed by atoms with van der Waals surface area (Å²) in [5.41, 5.74) is 2.65. The van der Waals surface area contributed by atoms with Gasteiger partial charge < -0.3 is 20.3 Å². The minimum absolute atomic E-state index is 0.00832. The first kappa shape index (κ1) is 20.8. The first-order valence-electron chi connectivity index (χ1n) is 10.5. The van der Waals surface area contributed by atoms with Gasteiger partial charge in [0.2, 0.25) is 5.91 Å². The molecule has 7 heteroatoms. The van der Waals surface area contributed by atoms with E-state index in [2.05, 4.69) is 25.5 Å². The summed E-state index contributed by atoms with van der Waals surface area (Å²) in [6, 6.07) is 19.3. The van der Waals surface area contributed by atoms with Gasteiger partial charge in [0, 0.05) is 30.5 Å². The number of ether oxygens (including phenoxy) is 1. The van der Waals surface area contributed by atoms with E-state index in [1.165, 1.54) is 12.8 Å². The molecule has 1 aliphatic rings. The van der Waals surface area contributed by atoms with Crippen molar-refractivity contribution in [2.75, 3.05) is 35.2 Å². The zero-order chi connectivity index (χ0) is 21.5.